The van der Waals surface area contributed by atoms with Crippen LogP contribution in [0.3, 0.4) is 0 Å². The van der Waals surface area contributed by atoms with Crippen LogP contribution in [0.25, 0.3) is 10.9 Å². The number of carbonyl (C=O) groups is 1. The molecule has 0 saturated heterocycles. The number of nitrogens with zero attached hydrogens (tertiary/aromatic N) is 2. The fourth-order valence-corrected chi connectivity index (χ4v) is 4.69. The topological polar surface area (TPSA) is 97.1 Å². The fraction of sp³-hybridized carbons (Fsp3) is 0.167. The third kappa shape index (κ3) is 5.35. The van der Waals surface area contributed by atoms with Crippen LogP contribution >= 0.6 is 11.6 Å². The third-order valence-electron chi connectivity index (χ3n) is 5.15. The number of hydrogen-bond donors (Lipinski definition) is 2. The zero-order valence-electron chi connectivity index (χ0n) is 18.2. The number of rotatable bonds is 7. The minimum atomic E-state index is -3.06. The highest BCUT2D eigenvalue weighted by Gasteiger charge is 2.16. The van der Waals surface area contributed by atoms with Gasteiger partial charge in [0.25, 0.3) is 0 Å². The second-order valence-corrected chi connectivity index (χ2v) is 10.3. The lowest BCUT2D eigenvalue weighted by Crippen LogP contribution is -2.15. The summed E-state index contributed by atoms with van der Waals surface area (Å²) in [6.07, 6.45) is 3.24. The number of anilines is 1. The standard InChI is InChI=1S/C24H23ClN4O3S/c1-32-19-9-7-16(8-10-19)14-29-15-20-22(28-29)12-18(13-23(20)33(2,26)31)27-24(30)11-17-5-3-4-6-21(17)25/h3-10,12-13,15,26H,11,14H2,1-2H3,(H,27,30). The van der Waals surface area contributed by atoms with Gasteiger partial charge in [-0.05, 0) is 41.5 Å². The molecule has 1 aromatic heterocycles. The first kappa shape index (κ1) is 22.8. The predicted octanol–water partition coefficient (Wildman–Crippen LogP) is 4.96. The van der Waals surface area contributed by atoms with E-state index in [1.54, 1.807) is 48.3 Å². The molecule has 4 rings (SSSR count). The summed E-state index contributed by atoms with van der Waals surface area (Å²) in [7, 11) is -1.45. The van der Waals surface area contributed by atoms with Gasteiger partial charge in [-0.1, -0.05) is 41.9 Å². The van der Waals surface area contributed by atoms with Gasteiger partial charge in [-0.3, -0.25) is 9.48 Å². The van der Waals surface area contributed by atoms with Gasteiger partial charge >= 0.3 is 0 Å². The fourth-order valence-electron chi connectivity index (χ4n) is 3.55. The summed E-state index contributed by atoms with van der Waals surface area (Å²) in [4.78, 5) is 12.9. The Balaban J connectivity index is 1.64. The van der Waals surface area contributed by atoms with Crippen LogP contribution in [0.15, 0.2) is 71.8 Å². The van der Waals surface area contributed by atoms with Crippen molar-refractivity contribution in [2.24, 2.45) is 0 Å². The number of halogens is 1. The second-order valence-electron chi connectivity index (χ2n) is 7.74. The molecule has 3 aromatic carbocycles. The van der Waals surface area contributed by atoms with Crippen LogP contribution in [-0.2, 0) is 27.5 Å². The van der Waals surface area contributed by atoms with Gasteiger partial charge in [-0.25, -0.2) is 8.99 Å². The molecule has 33 heavy (non-hydrogen) atoms. The molecular formula is C24H23ClN4O3S. The molecule has 0 saturated carbocycles. The van der Waals surface area contributed by atoms with Crippen LogP contribution in [0, 0.1) is 4.78 Å². The van der Waals surface area contributed by atoms with Gasteiger partial charge in [-0.2, -0.15) is 5.10 Å². The van der Waals surface area contributed by atoms with Crippen LogP contribution in [0.5, 0.6) is 5.75 Å². The Kier molecular flexibility index (Phi) is 6.40. The van der Waals surface area contributed by atoms with E-state index in [1.807, 2.05) is 30.3 Å². The molecule has 9 heteroatoms. The smallest absolute Gasteiger partial charge is 0.228 e. The average molecular weight is 483 g/mol. The summed E-state index contributed by atoms with van der Waals surface area (Å²) >= 11 is 6.16. The molecule has 4 aromatic rings. The number of amides is 1. The number of benzene rings is 3. The molecule has 0 fully saturated rings. The van der Waals surface area contributed by atoms with Crippen molar-refractivity contribution in [3.63, 3.8) is 0 Å². The van der Waals surface area contributed by atoms with Crippen LogP contribution in [0.1, 0.15) is 11.1 Å². The van der Waals surface area contributed by atoms with E-state index in [9.17, 15) is 9.00 Å². The summed E-state index contributed by atoms with van der Waals surface area (Å²) in [6.45, 7) is 0.495. The Morgan fingerprint density at radius 1 is 1.18 bits per heavy atom. The van der Waals surface area contributed by atoms with Gasteiger partial charge in [0.1, 0.15) is 5.75 Å². The first-order valence-electron chi connectivity index (χ1n) is 10.1. The Morgan fingerprint density at radius 2 is 1.91 bits per heavy atom. The molecule has 2 N–H and O–H groups in total. The van der Waals surface area contributed by atoms with Crippen molar-refractivity contribution >= 4 is 43.8 Å². The second kappa shape index (κ2) is 9.25. The SMILES string of the molecule is COc1ccc(Cn2cc3c(S(C)(=N)=O)cc(NC(=O)Cc4ccccc4Cl)cc3n2)cc1. The number of carbonyl (C=O) groups excluding carboxylic acids is 1. The first-order valence-corrected chi connectivity index (χ1v) is 12.5. The van der Waals surface area contributed by atoms with E-state index in [2.05, 4.69) is 10.4 Å². The molecule has 170 valence electrons. The van der Waals surface area contributed by atoms with Crippen LogP contribution in [-0.4, -0.2) is 33.3 Å². The van der Waals surface area contributed by atoms with E-state index in [0.29, 0.717) is 38.6 Å². The number of fused-ring (bicyclic) bond motifs is 1. The van der Waals surface area contributed by atoms with Crippen LogP contribution in [0.4, 0.5) is 5.69 Å². The van der Waals surface area contributed by atoms with Gasteiger partial charge in [-0.15, -0.1) is 0 Å². The van der Waals surface area contributed by atoms with Crippen molar-refractivity contribution in [2.75, 3.05) is 18.7 Å². The number of methoxy groups -OCH3 is 1. The van der Waals surface area contributed by atoms with E-state index in [4.69, 9.17) is 21.1 Å². The van der Waals surface area contributed by atoms with Crippen molar-refractivity contribution in [1.82, 2.24) is 9.78 Å². The summed E-state index contributed by atoms with van der Waals surface area (Å²) in [5, 5.41) is 8.56. The van der Waals surface area contributed by atoms with Crippen molar-refractivity contribution < 1.29 is 13.7 Å². The minimum Gasteiger partial charge on any atom is -0.497 e. The van der Waals surface area contributed by atoms with Crippen LogP contribution < -0.4 is 10.1 Å². The zero-order valence-corrected chi connectivity index (χ0v) is 19.7. The molecule has 7 nitrogen and oxygen atoms in total. The van der Waals surface area contributed by atoms with E-state index >= 15 is 0 Å². The van der Waals surface area contributed by atoms with Gasteiger partial charge < -0.3 is 10.1 Å². The number of ether oxygens (including phenoxy) is 1. The molecule has 0 aliphatic carbocycles. The van der Waals surface area contributed by atoms with Crippen molar-refractivity contribution in [3.8, 4) is 5.75 Å². The molecule has 0 aliphatic rings. The van der Waals surface area contributed by atoms with Gasteiger partial charge in [0, 0.05) is 28.5 Å². The molecular weight excluding hydrogens is 460 g/mol. The van der Waals surface area contributed by atoms with Gasteiger partial charge in [0.2, 0.25) is 5.91 Å². The predicted molar refractivity (Wildman–Crippen MR) is 131 cm³/mol. The normalized spacial score (nSPS) is 12.9. The average Bonchev–Trinajstić information content (AvgIpc) is 3.16. The lowest BCUT2D eigenvalue weighted by molar-refractivity contribution is -0.115. The summed E-state index contributed by atoms with van der Waals surface area (Å²) in [6, 6.07) is 18.1. The highest BCUT2D eigenvalue weighted by molar-refractivity contribution is 7.92. The van der Waals surface area contributed by atoms with Crippen molar-refractivity contribution in [1.29, 1.82) is 4.78 Å². The monoisotopic (exact) mass is 482 g/mol. The van der Waals surface area contributed by atoms with Gasteiger partial charge in [0.05, 0.1) is 40.2 Å². The first-order chi connectivity index (χ1) is 15.7. The Labute approximate surface area is 197 Å². The largest absolute Gasteiger partial charge is 0.497 e. The lowest BCUT2D eigenvalue weighted by Gasteiger charge is -2.09. The highest BCUT2D eigenvalue weighted by Crippen LogP contribution is 2.28. The lowest BCUT2D eigenvalue weighted by atomic mass is 10.1. The molecule has 0 radical (unpaired) electrons. The summed E-state index contributed by atoms with van der Waals surface area (Å²) in [5.41, 5.74) is 2.71. The van der Waals surface area contributed by atoms with Crippen LogP contribution in [0.2, 0.25) is 5.02 Å². The molecule has 1 atom stereocenters. The number of nitrogens with one attached hydrogen (secondary N) is 2. The summed E-state index contributed by atoms with van der Waals surface area (Å²) < 4.78 is 27.8. The number of hydrogen-bond acceptors (Lipinski definition) is 5. The number of aromatic nitrogens is 2. The Hall–Kier alpha value is -3.36. The molecule has 0 aliphatic heterocycles. The molecule has 1 heterocycles. The van der Waals surface area contributed by atoms with E-state index in [1.165, 1.54) is 6.26 Å². The molecule has 0 bridgehead atoms. The Morgan fingerprint density at radius 3 is 2.58 bits per heavy atom. The Bertz CT molecular complexity index is 1430. The maximum Gasteiger partial charge on any atom is 0.228 e. The summed E-state index contributed by atoms with van der Waals surface area (Å²) in [5.74, 6) is 0.502. The van der Waals surface area contributed by atoms with E-state index < -0.39 is 9.73 Å². The van der Waals surface area contributed by atoms with E-state index in [-0.39, 0.29) is 12.3 Å². The highest BCUT2D eigenvalue weighted by atomic mass is 35.5. The maximum absolute atomic E-state index is 12.7. The molecule has 1 amide bonds. The zero-order chi connectivity index (χ0) is 23.6. The third-order valence-corrected chi connectivity index (χ3v) is 6.70. The van der Waals surface area contributed by atoms with Gasteiger partial charge in [0.15, 0.2) is 0 Å². The molecule has 1 unspecified atom stereocenters. The quantitative estimate of drug-likeness (QED) is 0.389. The maximum atomic E-state index is 12.7. The van der Waals surface area contributed by atoms with Crippen molar-refractivity contribution in [2.45, 2.75) is 17.9 Å². The van der Waals surface area contributed by atoms with E-state index in [0.717, 1.165) is 11.3 Å². The van der Waals surface area contributed by atoms with Crippen molar-refractivity contribution in [3.05, 3.63) is 83.0 Å². The minimum absolute atomic E-state index is 0.0985. The molecule has 0 spiro atoms.